The fraction of sp³-hybridized carbons (Fsp3) is 0.0769. The van der Waals surface area contributed by atoms with E-state index in [1.54, 1.807) is 12.1 Å². The van der Waals surface area contributed by atoms with Crippen LogP contribution < -0.4 is 5.32 Å². The van der Waals surface area contributed by atoms with Gasteiger partial charge in [0.25, 0.3) is 5.69 Å². The highest BCUT2D eigenvalue weighted by Gasteiger charge is 2.12. The van der Waals surface area contributed by atoms with Gasteiger partial charge in [-0.05, 0) is 45.8 Å². The van der Waals surface area contributed by atoms with Crippen molar-refractivity contribution in [2.24, 2.45) is 0 Å². The van der Waals surface area contributed by atoms with Crippen molar-refractivity contribution in [3.8, 4) is 0 Å². The Balaban J connectivity index is 2.17. The van der Waals surface area contributed by atoms with Gasteiger partial charge < -0.3 is 5.32 Å². The van der Waals surface area contributed by atoms with Gasteiger partial charge in [0.05, 0.1) is 20.1 Å². The zero-order valence-corrected chi connectivity index (χ0v) is 12.4. The van der Waals surface area contributed by atoms with Gasteiger partial charge in [-0.1, -0.05) is 17.7 Å². The summed E-state index contributed by atoms with van der Waals surface area (Å²) in [5, 5.41) is 14.2. The summed E-state index contributed by atoms with van der Waals surface area (Å²) in [6, 6.07) is 8.76. The van der Waals surface area contributed by atoms with E-state index < -0.39 is 10.7 Å². The number of halogens is 3. The minimum atomic E-state index is -0.469. The van der Waals surface area contributed by atoms with E-state index >= 15 is 0 Å². The minimum absolute atomic E-state index is 0.0189. The molecule has 104 valence electrons. The molecule has 0 saturated heterocycles. The number of nitrogens with zero attached hydrogens (tertiary/aromatic N) is 1. The zero-order chi connectivity index (χ0) is 14.7. The van der Waals surface area contributed by atoms with E-state index in [0.29, 0.717) is 27.3 Å². The molecule has 0 unspecified atom stereocenters. The molecule has 0 atom stereocenters. The summed E-state index contributed by atoms with van der Waals surface area (Å²) in [6.45, 7) is 0.303. The van der Waals surface area contributed by atoms with E-state index in [2.05, 4.69) is 21.2 Å². The van der Waals surface area contributed by atoms with Crippen molar-refractivity contribution in [2.75, 3.05) is 5.32 Å². The number of benzene rings is 2. The molecule has 7 heteroatoms. The summed E-state index contributed by atoms with van der Waals surface area (Å²) in [5.41, 5.74) is 1.12. The monoisotopic (exact) mass is 358 g/mol. The second-order valence-corrected chi connectivity index (χ2v) is 5.28. The van der Waals surface area contributed by atoms with E-state index in [-0.39, 0.29) is 5.69 Å². The SMILES string of the molecule is O=[N+]([O-])c1cc(CNc2cc(F)ccc2Cl)ccc1Br. The molecule has 2 aromatic carbocycles. The van der Waals surface area contributed by atoms with Crippen molar-refractivity contribution in [3.05, 3.63) is 67.4 Å². The van der Waals surface area contributed by atoms with Gasteiger partial charge in [0.2, 0.25) is 0 Å². The smallest absolute Gasteiger partial charge is 0.283 e. The van der Waals surface area contributed by atoms with Crippen LogP contribution in [0.3, 0.4) is 0 Å². The van der Waals surface area contributed by atoms with Gasteiger partial charge in [0, 0.05) is 12.6 Å². The molecule has 1 N–H and O–H groups in total. The molecule has 0 aliphatic heterocycles. The molecule has 2 aromatic rings. The Morgan fingerprint density at radius 2 is 2.05 bits per heavy atom. The molecule has 0 bridgehead atoms. The van der Waals surface area contributed by atoms with Crippen LogP contribution >= 0.6 is 27.5 Å². The fourth-order valence-corrected chi connectivity index (χ4v) is 2.21. The van der Waals surface area contributed by atoms with E-state index in [4.69, 9.17) is 11.6 Å². The number of hydrogen-bond acceptors (Lipinski definition) is 3. The van der Waals surface area contributed by atoms with Crippen molar-refractivity contribution in [1.29, 1.82) is 0 Å². The van der Waals surface area contributed by atoms with E-state index in [1.807, 2.05) is 0 Å². The average molecular weight is 360 g/mol. The molecule has 4 nitrogen and oxygen atoms in total. The van der Waals surface area contributed by atoms with Crippen LogP contribution in [0.1, 0.15) is 5.56 Å². The maximum Gasteiger partial charge on any atom is 0.283 e. The lowest BCUT2D eigenvalue weighted by Crippen LogP contribution is -2.01. The Morgan fingerprint density at radius 1 is 1.30 bits per heavy atom. The Bertz CT molecular complexity index is 667. The molecular formula is C13H9BrClFN2O2. The Kier molecular flexibility index (Phi) is 4.57. The second-order valence-electron chi connectivity index (χ2n) is 4.02. The molecule has 0 aromatic heterocycles. The minimum Gasteiger partial charge on any atom is -0.380 e. The maximum atomic E-state index is 13.1. The summed E-state index contributed by atoms with van der Waals surface area (Å²) >= 11 is 9.04. The molecule has 0 saturated carbocycles. The number of nitro groups is 1. The zero-order valence-electron chi connectivity index (χ0n) is 10.1. The third kappa shape index (κ3) is 3.46. The molecule has 0 amide bonds. The first-order chi connectivity index (χ1) is 9.47. The fourth-order valence-electron chi connectivity index (χ4n) is 1.64. The highest BCUT2D eigenvalue weighted by atomic mass is 79.9. The predicted octanol–water partition coefficient (Wildman–Crippen LogP) is 4.76. The van der Waals surface area contributed by atoms with Crippen LogP contribution in [0.15, 0.2) is 40.9 Å². The molecule has 0 radical (unpaired) electrons. The summed E-state index contributed by atoms with van der Waals surface area (Å²) < 4.78 is 13.5. The van der Waals surface area contributed by atoms with Crippen LogP contribution in [0.25, 0.3) is 0 Å². The van der Waals surface area contributed by atoms with E-state index in [1.165, 1.54) is 24.3 Å². The van der Waals surface area contributed by atoms with Gasteiger partial charge >= 0.3 is 0 Å². The Hall–Kier alpha value is -1.66. The quantitative estimate of drug-likeness (QED) is 0.632. The summed E-state index contributed by atoms with van der Waals surface area (Å²) in [4.78, 5) is 10.4. The van der Waals surface area contributed by atoms with Gasteiger partial charge in [-0.15, -0.1) is 0 Å². The molecule has 0 aliphatic carbocycles. The molecule has 0 fully saturated rings. The van der Waals surface area contributed by atoms with Gasteiger partial charge in [-0.25, -0.2) is 4.39 Å². The van der Waals surface area contributed by atoms with Crippen molar-refractivity contribution < 1.29 is 9.31 Å². The molecule has 0 heterocycles. The van der Waals surface area contributed by atoms with E-state index in [9.17, 15) is 14.5 Å². The lowest BCUT2D eigenvalue weighted by Gasteiger charge is -2.09. The third-order valence-electron chi connectivity index (χ3n) is 2.62. The number of anilines is 1. The van der Waals surface area contributed by atoms with Crippen LogP contribution in [0, 0.1) is 15.9 Å². The van der Waals surface area contributed by atoms with Gasteiger partial charge in [0.15, 0.2) is 0 Å². The van der Waals surface area contributed by atoms with Gasteiger partial charge in [0.1, 0.15) is 5.82 Å². The van der Waals surface area contributed by atoms with Crippen LogP contribution in [0.2, 0.25) is 5.02 Å². The summed E-state index contributed by atoms with van der Waals surface area (Å²) in [6.07, 6.45) is 0. The Morgan fingerprint density at radius 3 is 2.75 bits per heavy atom. The summed E-state index contributed by atoms with van der Waals surface area (Å²) in [7, 11) is 0. The molecular weight excluding hydrogens is 351 g/mol. The Labute approximate surface area is 127 Å². The third-order valence-corrected chi connectivity index (χ3v) is 3.62. The normalized spacial score (nSPS) is 10.3. The van der Waals surface area contributed by atoms with Gasteiger partial charge in [-0.2, -0.15) is 0 Å². The van der Waals surface area contributed by atoms with Crippen LogP contribution in [0.4, 0.5) is 15.8 Å². The second kappa shape index (κ2) is 6.19. The van der Waals surface area contributed by atoms with Gasteiger partial charge in [-0.3, -0.25) is 10.1 Å². The van der Waals surface area contributed by atoms with Crippen LogP contribution in [-0.4, -0.2) is 4.92 Å². The van der Waals surface area contributed by atoms with Crippen LogP contribution in [-0.2, 0) is 6.54 Å². The average Bonchev–Trinajstić information content (AvgIpc) is 2.41. The van der Waals surface area contributed by atoms with E-state index in [0.717, 1.165) is 0 Å². The molecule has 20 heavy (non-hydrogen) atoms. The number of nitro benzene ring substituents is 1. The summed E-state index contributed by atoms with van der Waals surface area (Å²) in [5.74, 6) is -0.404. The number of rotatable bonds is 4. The highest BCUT2D eigenvalue weighted by Crippen LogP contribution is 2.27. The number of nitrogens with one attached hydrogen (secondary N) is 1. The molecule has 0 aliphatic rings. The van der Waals surface area contributed by atoms with Crippen molar-refractivity contribution in [1.82, 2.24) is 0 Å². The highest BCUT2D eigenvalue weighted by molar-refractivity contribution is 9.10. The maximum absolute atomic E-state index is 13.1. The van der Waals surface area contributed by atoms with Crippen molar-refractivity contribution in [2.45, 2.75) is 6.54 Å². The lowest BCUT2D eigenvalue weighted by atomic mass is 10.2. The molecule has 2 rings (SSSR count). The first-order valence-electron chi connectivity index (χ1n) is 5.59. The van der Waals surface area contributed by atoms with Crippen LogP contribution in [0.5, 0.6) is 0 Å². The largest absolute Gasteiger partial charge is 0.380 e. The first-order valence-corrected chi connectivity index (χ1v) is 6.76. The predicted molar refractivity (Wildman–Crippen MR) is 79.5 cm³/mol. The van der Waals surface area contributed by atoms with Crippen molar-refractivity contribution >= 4 is 38.9 Å². The first kappa shape index (κ1) is 14.7. The standard InChI is InChI=1S/C13H9BrClFN2O2/c14-10-3-1-8(5-13(10)18(19)20)7-17-12-6-9(16)2-4-11(12)15/h1-6,17H,7H2. The number of hydrogen-bond donors (Lipinski definition) is 1. The lowest BCUT2D eigenvalue weighted by molar-refractivity contribution is -0.385. The molecule has 0 spiro atoms. The van der Waals surface area contributed by atoms with Crippen molar-refractivity contribution in [3.63, 3.8) is 0 Å². The topological polar surface area (TPSA) is 55.2 Å².